The number of likely N-dealkylation sites (tertiary alicyclic amines) is 1. The van der Waals surface area contributed by atoms with Crippen molar-refractivity contribution in [3.63, 3.8) is 0 Å². The van der Waals surface area contributed by atoms with Gasteiger partial charge in [0.2, 0.25) is 17.6 Å². The third-order valence-corrected chi connectivity index (χ3v) is 6.48. The zero-order valence-electron chi connectivity index (χ0n) is 17.5. The van der Waals surface area contributed by atoms with E-state index in [2.05, 4.69) is 32.3 Å². The Bertz CT molecular complexity index is 996. The van der Waals surface area contributed by atoms with Gasteiger partial charge in [-0.05, 0) is 62.5 Å². The van der Waals surface area contributed by atoms with E-state index in [1.54, 1.807) is 12.1 Å². The molecule has 31 heavy (non-hydrogen) atoms. The molecule has 9 heteroatoms. The number of nitrogens with one attached hydrogen (secondary N) is 1. The van der Waals surface area contributed by atoms with Crippen LogP contribution in [-0.2, 0) is 17.8 Å². The molecule has 4 rings (SSSR count). The molecule has 1 aliphatic rings. The van der Waals surface area contributed by atoms with Crippen LogP contribution in [0.1, 0.15) is 44.2 Å². The Hall–Kier alpha value is -2.29. The second-order valence-corrected chi connectivity index (χ2v) is 9.32. The predicted molar refractivity (Wildman–Crippen MR) is 122 cm³/mol. The zero-order valence-corrected chi connectivity index (χ0v) is 19.1. The van der Waals surface area contributed by atoms with E-state index in [1.807, 2.05) is 17.5 Å². The first-order chi connectivity index (χ1) is 15.0. The van der Waals surface area contributed by atoms with Gasteiger partial charge in [-0.15, -0.1) is 11.3 Å². The van der Waals surface area contributed by atoms with E-state index in [4.69, 9.17) is 16.1 Å². The maximum Gasteiger partial charge on any atom is 0.226 e. The highest BCUT2D eigenvalue weighted by Gasteiger charge is 2.17. The van der Waals surface area contributed by atoms with Crippen LogP contribution in [-0.4, -0.2) is 39.0 Å². The Labute approximate surface area is 190 Å². The largest absolute Gasteiger partial charge is 0.339 e. The normalized spacial score (nSPS) is 15.3. The van der Waals surface area contributed by atoms with Crippen LogP contribution in [0.5, 0.6) is 0 Å². The van der Waals surface area contributed by atoms with Gasteiger partial charge in [0.1, 0.15) is 0 Å². The number of benzene rings is 1. The number of carbonyl (C=O) groups excluding carboxylic acids is 1. The van der Waals surface area contributed by atoms with Gasteiger partial charge in [0, 0.05) is 35.4 Å². The van der Waals surface area contributed by atoms with Gasteiger partial charge in [-0.25, -0.2) is 4.98 Å². The highest BCUT2D eigenvalue weighted by Crippen LogP contribution is 2.22. The number of nitrogens with zero attached hydrogens (tertiary/aromatic N) is 4. The molecule has 1 aromatic carbocycles. The molecule has 0 unspecified atom stereocenters. The van der Waals surface area contributed by atoms with Gasteiger partial charge in [0.15, 0.2) is 5.13 Å². The average Bonchev–Trinajstić information content (AvgIpc) is 3.40. The van der Waals surface area contributed by atoms with Crippen LogP contribution in [0.15, 0.2) is 34.2 Å². The molecule has 0 bridgehead atoms. The van der Waals surface area contributed by atoms with E-state index in [-0.39, 0.29) is 5.91 Å². The number of hydrogen-bond donors (Lipinski definition) is 1. The monoisotopic (exact) mass is 459 g/mol. The molecule has 3 heterocycles. The van der Waals surface area contributed by atoms with E-state index in [1.165, 1.54) is 24.2 Å². The van der Waals surface area contributed by atoms with Crippen LogP contribution in [0, 0.1) is 5.92 Å². The number of hydrogen-bond acceptors (Lipinski definition) is 7. The summed E-state index contributed by atoms with van der Waals surface area (Å²) in [4.78, 5) is 23.7. The number of carbonyl (C=O) groups is 1. The minimum Gasteiger partial charge on any atom is -0.339 e. The summed E-state index contributed by atoms with van der Waals surface area (Å²) in [6, 6.07) is 7.26. The summed E-state index contributed by atoms with van der Waals surface area (Å²) in [5.74, 6) is 1.81. The molecule has 1 aliphatic heterocycles. The lowest BCUT2D eigenvalue weighted by Crippen LogP contribution is -2.32. The molecule has 0 atom stereocenters. The first-order valence-corrected chi connectivity index (χ1v) is 11.9. The average molecular weight is 460 g/mol. The SMILES string of the molecule is CC1CCN(Cc2csc(NC(=O)CCCc3nc(-c4ccc(Cl)cc4)no3)n2)CC1. The summed E-state index contributed by atoms with van der Waals surface area (Å²) in [7, 11) is 0. The summed E-state index contributed by atoms with van der Waals surface area (Å²) < 4.78 is 5.29. The lowest BCUT2D eigenvalue weighted by atomic mass is 9.99. The lowest BCUT2D eigenvalue weighted by molar-refractivity contribution is -0.116. The number of amides is 1. The first-order valence-electron chi connectivity index (χ1n) is 10.6. The fourth-order valence-corrected chi connectivity index (χ4v) is 4.38. The fraction of sp³-hybridized carbons (Fsp3) is 0.455. The predicted octanol–water partition coefficient (Wildman–Crippen LogP) is 5.04. The minimum atomic E-state index is -0.0508. The number of anilines is 1. The standard InChI is InChI=1S/C22H26ClN5O2S/c1-15-9-11-28(12-10-15)13-18-14-31-22(24-18)25-19(29)3-2-4-20-26-21(27-30-20)16-5-7-17(23)8-6-16/h5-8,14-15H,2-4,9-13H2,1H3,(H,24,25,29). The number of thiazole rings is 1. The quantitative estimate of drug-likeness (QED) is 0.508. The summed E-state index contributed by atoms with van der Waals surface area (Å²) >= 11 is 7.38. The van der Waals surface area contributed by atoms with E-state index in [0.717, 1.165) is 36.8 Å². The molecular weight excluding hydrogens is 434 g/mol. The highest BCUT2D eigenvalue weighted by molar-refractivity contribution is 7.13. The van der Waals surface area contributed by atoms with E-state index < -0.39 is 0 Å². The van der Waals surface area contributed by atoms with Crippen LogP contribution in [0.2, 0.25) is 5.02 Å². The summed E-state index contributed by atoms with van der Waals surface area (Å²) in [6.45, 7) is 5.41. The molecule has 0 spiro atoms. The summed E-state index contributed by atoms with van der Waals surface area (Å²) in [6.07, 6.45) is 4.03. The molecule has 1 N–H and O–H groups in total. The van der Waals surface area contributed by atoms with Gasteiger partial charge in [-0.1, -0.05) is 23.7 Å². The number of aromatic nitrogens is 3. The van der Waals surface area contributed by atoms with Crippen molar-refractivity contribution in [2.75, 3.05) is 18.4 Å². The molecular formula is C22H26ClN5O2S. The second kappa shape index (κ2) is 10.3. The van der Waals surface area contributed by atoms with Crippen LogP contribution >= 0.6 is 22.9 Å². The van der Waals surface area contributed by atoms with Gasteiger partial charge in [0.25, 0.3) is 0 Å². The fourth-order valence-electron chi connectivity index (χ4n) is 3.54. The Kier molecular flexibility index (Phi) is 7.32. The van der Waals surface area contributed by atoms with Crippen molar-refractivity contribution < 1.29 is 9.32 Å². The Balaban J connectivity index is 1.19. The van der Waals surface area contributed by atoms with E-state index >= 15 is 0 Å². The van der Waals surface area contributed by atoms with Gasteiger partial charge in [0.05, 0.1) is 5.69 Å². The van der Waals surface area contributed by atoms with E-state index in [0.29, 0.717) is 41.1 Å². The molecule has 7 nitrogen and oxygen atoms in total. The molecule has 0 aliphatic carbocycles. The van der Waals surface area contributed by atoms with E-state index in [9.17, 15) is 4.79 Å². The molecule has 2 aromatic heterocycles. The Morgan fingerprint density at radius 1 is 1.26 bits per heavy atom. The number of aryl methyl sites for hydroxylation is 1. The van der Waals surface area contributed by atoms with Gasteiger partial charge in [-0.3, -0.25) is 9.69 Å². The lowest BCUT2D eigenvalue weighted by Gasteiger charge is -2.29. The van der Waals surface area contributed by atoms with Gasteiger partial charge < -0.3 is 9.84 Å². The maximum absolute atomic E-state index is 12.3. The number of piperidine rings is 1. The topological polar surface area (TPSA) is 84.2 Å². The van der Waals surface area contributed by atoms with Crippen LogP contribution in [0.4, 0.5) is 5.13 Å². The van der Waals surface area contributed by atoms with Crippen molar-refractivity contribution in [3.8, 4) is 11.4 Å². The van der Waals surface area contributed by atoms with Gasteiger partial charge in [-0.2, -0.15) is 4.98 Å². The minimum absolute atomic E-state index is 0.0508. The molecule has 1 amide bonds. The third-order valence-electron chi connectivity index (χ3n) is 5.42. The molecule has 1 fully saturated rings. The van der Waals surface area contributed by atoms with Crippen molar-refractivity contribution in [2.45, 2.75) is 45.6 Å². The van der Waals surface area contributed by atoms with Crippen molar-refractivity contribution in [1.82, 2.24) is 20.0 Å². The molecule has 0 saturated carbocycles. The van der Waals surface area contributed by atoms with Crippen molar-refractivity contribution in [2.24, 2.45) is 5.92 Å². The maximum atomic E-state index is 12.3. The number of rotatable bonds is 8. The Morgan fingerprint density at radius 2 is 2.03 bits per heavy atom. The Morgan fingerprint density at radius 3 is 2.81 bits per heavy atom. The molecule has 0 radical (unpaired) electrons. The van der Waals surface area contributed by atoms with Crippen LogP contribution in [0.25, 0.3) is 11.4 Å². The smallest absolute Gasteiger partial charge is 0.226 e. The van der Waals surface area contributed by atoms with Gasteiger partial charge >= 0.3 is 0 Å². The zero-order chi connectivity index (χ0) is 21.6. The second-order valence-electron chi connectivity index (χ2n) is 8.02. The van der Waals surface area contributed by atoms with Crippen molar-refractivity contribution in [3.05, 3.63) is 46.3 Å². The highest BCUT2D eigenvalue weighted by atomic mass is 35.5. The molecule has 3 aromatic rings. The van der Waals surface area contributed by atoms with Crippen LogP contribution in [0.3, 0.4) is 0 Å². The molecule has 1 saturated heterocycles. The van der Waals surface area contributed by atoms with Crippen molar-refractivity contribution in [1.29, 1.82) is 0 Å². The summed E-state index contributed by atoms with van der Waals surface area (Å²) in [5, 5.41) is 10.2. The van der Waals surface area contributed by atoms with Crippen molar-refractivity contribution >= 4 is 34.0 Å². The van der Waals surface area contributed by atoms with Crippen LogP contribution < -0.4 is 5.32 Å². The molecule has 164 valence electrons. The summed E-state index contributed by atoms with van der Waals surface area (Å²) in [5.41, 5.74) is 1.87. The number of halogens is 1. The third kappa shape index (κ3) is 6.35. The first kappa shape index (κ1) is 21.9.